The molecule has 0 amide bonds. The number of aliphatic hydroxyl groups excluding tert-OH is 1. The van der Waals surface area contributed by atoms with E-state index in [1.807, 2.05) is 6.07 Å². The lowest BCUT2D eigenvalue weighted by Crippen LogP contribution is -1.87. The Kier molecular flexibility index (Phi) is 2.13. The maximum atomic E-state index is 8.74. The van der Waals surface area contributed by atoms with E-state index < -0.39 is 0 Å². The first-order valence-electron chi connectivity index (χ1n) is 4.57. The lowest BCUT2D eigenvalue weighted by Gasteiger charge is -1.97. The number of aliphatic hydroxyl groups is 1. The van der Waals surface area contributed by atoms with Gasteiger partial charge in [-0.15, -0.1) is 0 Å². The van der Waals surface area contributed by atoms with Crippen molar-refractivity contribution in [2.75, 3.05) is 6.61 Å². The third kappa shape index (κ3) is 1.51. The fraction of sp³-hybridized carbons (Fsp3) is 0.455. The quantitative estimate of drug-likeness (QED) is 0.722. The summed E-state index contributed by atoms with van der Waals surface area (Å²) in [5.74, 6) is 1.48. The Balaban J connectivity index is 1.97. The molecule has 2 atom stereocenters. The first-order chi connectivity index (χ1) is 5.92. The zero-order chi connectivity index (χ0) is 8.39. The van der Waals surface area contributed by atoms with E-state index >= 15 is 0 Å². The molecule has 1 nitrogen and oxygen atoms in total. The summed E-state index contributed by atoms with van der Waals surface area (Å²) in [6, 6.07) is 10.6. The van der Waals surface area contributed by atoms with Gasteiger partial charge in [0.25, 0.3) is 0 Å². The molecule has 0 aliphatic heterocycles. The molecule has 1 saturated carbocycles. The van der Waals surface area contributed by atoms with Gasteiger partial charge >= 0.3 is 0 Å². The zero-order valence-corrected chi connectivity index (χ0v) is 7.11. The highest BCUT2D eigenvalue weighted by Gasteiger charge is 2.36. The van der Waals surface area contributed by atoms with E-state index in [4.69, 9.17) is 5.11 Å². The summed E-state index contributed by atoms with van der Waals surface area (Å²) >= 11 is 0. The Hall–Kier alpha value is -0.820. The maximum Gasteiger partial charge on any atom is 0.0433 e. The van der Waals surface area contributed by atoms with E-state index in [0.717, 1.165) is 18.3 Å². The normalized spacial score (nSPS) is 27.1. The van der Waals surface area contributed by atoms with Crippen LogP contribution in [0.3, 0.4) is 0 Å². The molecule has 1 aromatic carbocycles. The molecule has 0 spiro atoms. The first-order valence-corrected chi connectivity index (χ1v) is 4.57. The molecule has 0 bridgehead atoms. The molecule has 0 heterocycles. The summed E-state index contributed by atoms with van der Waals surface area (Å²) < 4.78 is 0. The average Bonchev–Trinajstić information content (AvgIpc) is 2.87. The number of benzene rings is 1. The molecule has 0 radical (unpaired) electrons. The predicted octanol–water partition coefficient (Wildman–Crippen LogP) is 2.17. The van der Waals surface area contributed by atoms with Gasteiger partial charge in [-0.25, -0.2) is 0 Å². The van der Waals surface area contributed by atoms with Gasteiger partial charge in [0, 0.05) is 6.61 Å². The molecule has 0 aromatic heterocycles. The van der Waals surface area contributed by atoms with Crippen LogP contribution in [0, 0.1) is 5.92 Å². The van der Waals surface area contributed by atoms with Gasteiger partial charge in [-0.1, -0.05) is 30.3 Å². The lowest BCUT2D eigenvalue weighted by molar-refractivity contribution is 0.279. The van der Waals surface area contributed by atoms with Crippen LogP contribution < -0.4 is 0 Å². The van der Waals surface area contributed by atoms with Crippen molar-refractivity contribution in [3.8, 4) is 0 Å². The highest BCUT2D eigenvalue weighted by Crippen LogP contribution is 2.49. The highest BCUT2D eigenvalue weighted by atomic mass is 16.3. The summed E-state index contributed by atoms with van der Waals surface area (Å²) in [6.07, 6.45) is 2.24. The molecule has 1 fully saturated rings. The van der Waals surface area contributed by atoms with E-state index in [0.29, 0.717) is 6.61 Å². The van der Waals surface area contributed by atoms with E-state index in [-0.39, 0.29) is 0 Å². The SMILES string of the molecule is OCCC1CC1c1ccccc1. The molecule has 2 rings (SSSR count). The van der Waals surface area contributed by atoms with Crippen molar-refractivity contribution in [2.24, 2.45) is 5.92 Å². The fourth-order valence-electron chi connectivity index (χ4n) is 1.84. The van der Waals surface area contributed by atoms with Gasteiger partial charge in [0.05, 0.1) is 0 Å². The van der Waals surface area contributed by atoms with Crippen molar-refractivity contribution in [3.05, 3.63) is 35.9 Å². The van der Waals surface area contributed by atoms with E-state index in [9.17, 15) is 0 Å². The monoisotopic (exact) mass is 162 g/mol. The minimum Gasteiger partial charge on any atom is -0.396 e. The second-order valence-electron chi connectivity index (χ2n) is 3.53. The number of hydrogen-bond donors (Lipinski definition) is 1. The minimum atomic E-state index is 0.341. The molecule has 2 unspecified atom stereocenters. The third-order valence-electron chi connectivity index (χ3n) is 2.65. The van der Waals surface area contributed by atoms with Crippen molar-refractivity contribution < 1.29 is 5.11 Å². The van der Waals surface area contributed by atoms with Gasteiger partial charge in [-0.05, 0) is 30.2 Å². The van der Waals surface area contributed by atoms with Crippen LogP contribution in [0.5, 0.6) is 0 Å². The van der Waals surface area contributed by atoms with E-state index in [1.165, 1.54) is 12.0 Å². The molecule has 1 aliphatic carbocycles. The largest absolute Gasteiger partial charge is 0.396 e. The van der Waals surface area contributed by atoms with Crippen molar-refractivity contribution in [3.63, 3.8) is 0 Å². The summed E-state index contributed by atoms with van der Waals surface area (Å²) in [7, 11) is 0. The van der Waals surface area contributed by atoms with Crippen LogP contribution in [0.15, 0.2) is 30.3 Å². The first kappa shape index (κ1) is 7.81. The topological polar surface area (TPSA) is 20.2 Å². The second kappa shape index (κ2) is 3.28. The van der Waals surface area contributed by atoms with Crippen molar-refractivity contribution in [1.82, 2.24) is 0 Å². The van der Waals surface area contributed by atoms with Gasteiger partial charge < -0.3 is 5.11 Å². The summed E-state index contributed by atoms with van der Waals surface area (Å²) in [6.45, 7) is 0.341. The highest BCUT2D eigenvalue weighted by molar-refractivity contribution is 5.25. The van der Waals surface area contributed by atoms with Crippen LogP contribution >= 0.6 is 0 Å². The van der Waals surface area contributed by atoms with Crippen LogP contribution in [-0.2, 0) is 0 Å². The predicted molar refractivity (Wildman–Crippen MR) is 49.0 cm³/mol. The van der Waals surface area contributed by atoms with Gasteiger partial charge in [0.1, 0.15) is 0 Å². The van der Waals surface area contributed by atoms with Crippen molar-refractivity contribution in [1.29, 1.82) is 0 Å². The molecular weight excluding hydrogens is 148 g/mol. The van der Waals surface area contributed by atoms with Crippen molar-refractivity contribution in [2.45, 2.75) is 18.8 Å². The minimum absolute atomic E-state index is 0.341. The van der Waals surface area contributed by atoms with Gasteiger partial charge in [-0.3, -0.25) is 0 Å². The van der Waals surface area contributed by atoms with E-state index in [1.54, 1.807) is 0 Å². The molecule has 1 N–H and O–H groups in total. The summed E-state index contributed by atoms with van der Waals surface area (Å²) in [4.78, 5) is 0. The van der Waals surface area contributed by atoms with Crippen LogP contribution in [-0.4, -0.2) is 11.7 Å². The third-order valence-corrected chi connectivity index (χ3v) is 2.65. The van der Waals surface area contributed by atoms with Gasteiger partial charge in [0.15, 0.2) is 0 Å². The number of hydrogen-bond acceptors (Lipinski definition) is 1. The van der Waals surface area contributed by atoms with Crippen LogP contribution in [0.25, 0.3) is 0 Å². The molecular formula is C11H14O. The maximum absolute atomic E-state index is 8.74. The standard InChI is InChI=1S/C11H14O/c12-7-6-10-8-11(10)9-4-2-1-3-5-9/h1-5,10-12H,6-8H2. The van der Waals surface area contributed by atoms with Gasteiger partial charge in [0.2, 0.25) is 0 Å². The summed E-state index contributed by atoms with van der Waals surface area (Å²) in [5, 5.41) is 8.74. The van der Waals surface area contributed by atoms with E-state index in [2.05, 4.69) is 24.3 Å². The molecule has 1 heteroatoms. The molecule has 1 aromatic rings. The lowest BCUT2D eigenvalue weighted by atomic mass is 10.1. The average molecular weight is 162 g/mol. The Labute approximate surface area is 73.0 Å². The molecule has 0 saturated heterocycles. The molecule has 64 valence electrons. The van der Waals surface area contributed by atoms with Crippen LogP contribution in [0.2, 0.25) is 0 Å². The zero-order valence-electron chi connectivity index (χ0n) is 7.11. The van der Waals surface area contributed by atoms with Crippen molar-refractivity contribution >= 4 is 0 Å². The second-order valence-corrected chi connectivity index (χ2v) is 3.53. The van der Waals surface area contributed by atoms with Crippen LogP contribution in [0.4, 0.5) is 0 Å². The van der Waals surface area contributed by atoms with Crippen LogP contribution in [0.1, 0.15) is 24.3 Å². The van der Waals surface area contributed by atoms with Gasteiger partial charge in [-0.2, -0.15) is 0 Å². The number of rotatable bonds is 3. The smallest absolute Gasteiger partial charge is 0.0433 e. The molecule has 12 heavy (non-hydrogen) atoms. The Morgan fingerprint density at radius 2 is 2.00 bits per heavy atom. The summed E-state index contributed by atoms with van der Waals surface area (Å²) in [5.41, 5.74) is 1.44. The fourth-order valence-corrected chi connectivity index (χ4v) is 1.84. The Morgan fingerprint density at radius 3 is 2.67 bits per heavy atom. The Morgan fingerprint density at radius 1 is 1.25 bits per heavy atom. The molecule has 1 aliphatic rings. The Bertz CT molecular complexity index is 242.